The van der Waals surface area contributed by atoms with Gasteiger partial charge in [0.25, 0.3) is 5.56 Å². The van der Waals surface area contributed by atoms with Crippen molar-refractivity contribution in [2.75, 3.05) is 18.8 Å². The largest absolute Gasteiger partial charge is 0.342 e. The summed E-state index contributed by atoms with van der Waals surface area (Å²) in [5.74, 6) is 1.90. The van der Waals surface area contributed by atoms with Crippen LogP contribution in [0.4, 0.5) is 0 Å². The van der Waals surface area contributed by atoms with E-state index in [0.29, 0.717) is 39.8 Å². The fourth-order valence-corrected chi connectivity index (χ4v) is 5.42. The van der Waals surface area contributed by atoms with Gasteiger partial charge in [0.05, 0.1) is 11.3 Å². The minimum atomic E-state index is -0.0199. The number of carbonyl (C=O) groups is 1. The average molecular weight is 420 g/mol. The van der Waals surface area contributed by atoms with E-state index in [1.807, 2.05) is 20.7 Å². The zero-order valence-electron chi connectivity index (χ0n) is 16.4. The summed E-state index contributed by atoms with van der Waals surface area (Å²) >= 11 is 2.83. The number of carbonyl (C=O) groups excluding carboxylic acids is 1. The van der Waals surface area contributed by atoms with Crippen LogP contribution in [0.1, 0.15) is 33.6 Å². The molecule has 150 valence electrons. The Kier molecular flexibility index (Phi) is 5.46. The molecule has 3 aromatic rings. The molecule has 0 N–H and O–H groups in total. The molecular formula is C19H25N5O2S2. The Bertz CT molecular complexity index is 1070. The van der Waals surface area contributed by atoms with E-state index in [1.165, 1.54) is 29.5 Å². The molecule has 0 saturated carbocycles. The number of piperidine rings is 1. The lowest BCUT2D eigenvalue weighted by atomic mass is 10.0. The summed E-state index contributed by atoms with van der Waals surface area (Å²) in [6.07, 6.45) is 2.26. The fourth-order valence-electron chi connectivity index (χ4n) is 3.76. The van der Waals surface area contributed by atoms with Crippen LogP contribution < -0.4 is 5.56 Å². The topological polar surface area (TPSA) is 72.5 Å². The first-order valence-electron chi connectivity index (χ1n) is 9.71. The maximum absolute atomic E-state index is 12.9. The quantitative estimate of drug-likeness (QED) is 0.594. The van der Waals surface area contributed by atoms with Crippen LogP contribution in [0, 0.1) is 11.8 Å². The molecular weight excluding hydrogens is 394 g/mol. The van der Waals surface area contributed by atoms with Gasteiger partial charge in [-0.25, -0.2) is 0 Å². The van der Waals surface area contributed by atoms with E-state index in [9.17, 15) is 9.59 Å². The number of rotatable bonds is 5. The highest BCUT2D eigenvalue weighted by Gasteiger charge is 2.23. The molecule has 0 bridgehead atoms. The van der Waals surface area contributed by atoms with Gasteiger partial charge in [-0.05, 0) is 36.1 Å². The van der Waals surface area contributed by atoms with Gasteiger partial charge in [0.1, 0.15) is 4.70 Å². The summed E-state index contributed by atoms with van der Waals surface area (Å²) in [7, 11) is 0. The highest BCUT2D eigenvalue weighted by molar-refractivity contribution is 7.99. The summed E-state index contributed by atoms with van der Waals surface area (Å²) in [4.78, 5) is 27.5. The van der Waals surface area contributed by atoms with Gasteiger partial charge in [0, 0.05) is 19.6 Å². The predicted octanol–water partition coefficient (Wildman–Crippen LogP) is 3.11. The predicted molar refractivity (Wildman–Crippen MR) is 113 cm³/mol. The number of nitrogens with zero attached hydrogens (tertiary/aromatic N) is 5. The third kappa shape index (κ3) is 3.57. The molecule has 1 amide bonds. The molecule has 4 rings (SSSR count). The van der Waals surface area contributed by atoms with E-state index in [1.54, 1.807) is 4.57 Å². The van der Waals surface area contributed by atoms with Crippen LogP contribution in [0.25, 0.3) is 16.0 Å². The van der Waals surface area contributed by atoms with Crippen LogP contribution in [0.3, 0.4) is 0 Å². The minimum absolute atomic E-state index is 0.0199. The highest BCUT2D eigenvalue weighted by atomic mass is 32.2. The number of fused-ring (bicyclic) bond motifs is 3. The third-order valence-corrected chi connectivity index (χ3v) is 6.87. The van der Waals surface area contributed by atoms with E-state index in [4.69, 9.17) is 0 Å². The molecule has 0 radical (unpaired) electrons. The van der Waals surface area contributed by atoms with Crippen LogP contribution in [0.2, 0.25) is 0 Å². The van der Waals surface area contributed by atoms with Crippen molar-refractivity contribution in [1.29, 1.82) is 0 Å². The zero-order valence-corrected chi connectivity index (χ0v) is 18.1. The van der Waals surface area contributed by atoms with Gasteiger partial charge in [-0.1, -0.05) is 32.5 Å². The second-order valence-corrected chi connectivity index (χ2v) is 9.80. The second kappa shape index (κ2) is 7.87. The summed E-state index contributed by atoms with van der Waals surface area (Å²) < 4.78 is 4.33. The van der Waals surface area contributed by atoms with E-state index >= 15 is 0 Å². The second-order valence-electron chi connectivity index (χ2n) is 7.94. The Labute approximate surface area is 171 Å². The Morgan fingerprint density at radius 2 is 2.21 bits per heavy atom. The summed E-state index contributed by atoms with van der Waals surface area (Å²) in [5.41, 5.74) is 0.796. The summed E-state index contributed by atoms with van der Waals surface area (Å²) in [6, 6.07) is 1.93. The molecule has 0 aliphatic carbocycles. The van der Waals surface area contributed by atoms with Crippen molar-refractivity contribution in [2.24, 2.45) is 11.8 Å². The van der Waals surface area contributed by atoms with Crippen LogP contribution in [-0.4, -0.2) is 48.8 Å². The lowest BCUT2D eigenvalue weighted by Gasteiger charge is -2.30. The number of hydrogen-bond acceptors (Lipinski definition) is 6. The molecule has 1 aliphatic rings. The molecule has 1 atom stereocenters. The molecule has 9 heteroatoms. The third-order valence-electron chi connectivity index (χ3n) is 5.06. The van der Waals surface area contributed by atoms with E-state index in [0.717, 1.165) is 25.0 Å². The molecule has 0 aromatic carbocycles. The number of likely N-dealkylation sites (tertiary alicyclic amines) is 1. The van der Waals surface area contributed by atoms with Crippen LogP contribution in [0.5, 0.6) is 0 Å². The molecule has 0 spiro atoms. The van der Waals surface area contributed by atoms with Crippen LogP contribution >= 0.6 is 23.1 Å². The maximum Gasteiger partial charge on any atom is 0.272 e. The number of thiophene rings is 1. The van der Waals surface area contributed by atoms with Gasteiger partial charge in [0.2, 0.25) is 11.7 Å². The molecule has 28 heavy (non-hydrogen) atoms. The first kappa shape index (κ1) is 19.4. The number of amides is 1. The fraction of sp³-hybridized carbons (Fsp3) is 0.579. The molecule has 4 heterocycles. The van der Waals surface area contributed by atoms with Crippen molar-refractivity contribution in [3.8, 4) is 0 Å². The van der Waals surface area contributed by atoms with E-state index in [-0.39, 0.29) is 11.5 Å². The van der Waals surface area contributed by atoms with Gasteiger partial charge < -0.3 is 4.90 Å². The van der Waals surface area contributed by atoms with Crippen molar-refractivity contribution in [1.82, 2.24) is 24.1 Å². The van der Waals surface area contributed by atoms with Crippen molar-refractivity contribution in [3.05, 3.63) is 21.8 Å². The Hall–Kier alpha value is -1.87. The Morgan fingerprint density at radius 1 is 1.39 bits per heavy atom. The molecule has 1 unspecified atom stereocenters. The summed E-state index contributed by atoms with van der Waals surface area (Å²) in [6.45, 7) is 8.61. The molecule has 1 fully saturated rings. The van der Waals surface area contributed by atoms with Crippen LogP contribution in [-0.2, 0) is 11.3 Å². The lowest BCUT2D eigenvalue weighted by molar-refractivity contribution is -0.130. The van der Waals surface area contributed by atoms with Crippen molar-refractivity contribution < 1.29 is 4.79 Å². The van der Waals surface area contributed by atoms with Gasteiger partial charge in [-0.15, -0.1) is 21.5 Å². The number of aromatic nitrogens is 4. The van der Waals surface area contributed by atoms with E-state index < -0.39 is 0 Å². The van der Waals surface area contributed by atoms with Crippen LogP contribution in [0.15, 0.2) is 21.4 Å². The minimum Gasteiger partial charge on any atom is -0.342 e. The standard InChI is InChI=1S/C19H25N5O2S2/c1-12(2)9-23-17(26)16-14(6-8-27-16)24-18(23)20-21-19(24)28-11-15(25)22-7-4-5-13(3)10-22/h6,8,12-13H,4-5,7,9-11H2,1-3H3. The Balaban J connectivity index is 1.66. The van der Waals surface area contributed by atoms with Crippen molar-refractivity contribution in [3.63, 3.8) is 0 Å². The highest BCUT2D eigenvalue weighted by Crippen LogP contribution is 2.25. The monoisotopic (exact) mass is 419 g/mol. The number of thioether (sulfide) groups is 1. The molecule has 1 saturated heterocycles. The molecule has 3 aromatic heterocycles. The van der Waals surface area contributed by atoms with Gasteiger partial charge >= 0.3 is 0 Å². The first-order chi connectivity index (χ1) is 13.5. The molecule has 7 nitrogen and oxygen atoms in total. The smallest absolute Gasteiger partial charge is 0.272 e. The molecule has 1 aliphatic heterocycles. The average Bonchev–Trinajstić information content (AvgIpc) is 3.29. The SMILES string of the molecule is CC(C)Cn1c(=O)c2sccc2n2c(SCC(=O)N3CCCC(C)C3)nnc12. The normalized spacial score (nSPS) is 17.9. The summed E-state index contributed by atoms with van der Waals surface area (Å²) in [5, 5.41) is 11.2. The first-order valence-corrected chi connectivity index (χ1v) is 11.6. The lowest BCUT2D eigenvalue weighted by Crippen LogP contribution is -2.40. The van der Waals surface area contributed by atoms with Crippen molar-refractivity contribution in [2.45, 2.75) is 45.3 Å². The van der Waals surface area contributed by atoms with Gasteiger partial charge in [-0.3, -0.25) is 18.6 Å². The Morgan fingerprint density at radius 3 is 2.96 bits per heavy atom. The maximum atomic E-state index is 12.9. The van der Waals surface area contributed by atoms with Gasteiger partial charge in [0.15, 0.2) is 5.16 Å². The zero-order chi connectivity index (χ0) is 19.8. The van der Waals surface area contributed by atoms with E-state index in [2.05, 4.69) is 31.0 Å². The van der Waals surface area contributed by atoms with Crippen molar-refractivity contribution >= 4 is 45.0 Å². The number of hydrogen-bond donors (Lipinski definition) is 0. The van der Waals surface area contributed by atoms with Gasteiger partial charge in [-0.2, -0.15) is 0 Å².